The van der Waals surface area contributed by atoms with Crippen molar-refractivity contribution in [3.63, 3.8) is 0 Å². The van der Waals surface area contributed by atoms with Crippen molar-refractivity contribution in [2.24, 2.45) is 0 Å². The molecule has 0 aliphatic heterocycles. The summed E-state index contributed by atoms with van der Waals surface area (Å²) in [4.78, 5) is 11.3. The molecule has 19 heavy (non-hydrogen) atoms. The van der Waals surface area contributed by atoms with E-state index in [1.807, 2.05) is 0 Å². The van der Waals surface area contributed by atoms with Crippen molar-refractivity contribution < 1.29 is 9.13 Å². The summed E-state index contributed by atoms with van der Waals surface area (Å²) in [6, 6.07) is 7.16. The van der Waals surface area contributed by atoms with Crippen LogP contribution in [0, 0.1) is 5.82 Å². The van der Waals surface area contributed by atoms with Crippen LogP contribution < -0.4 is 16.2 Å². The van der Waals surface area contributed by atoms with Crippen molar-refractivity contribution >= 4 is 11.3 Å². The number of anilines is 1. The topological polar surface area (TPSA) is 98.3 Å². The molecule has 8 heteroatoms. The maximum absolute atomic E-state index is 13.5. The smallest absolute Gasteiger partial charge is 0.364 e. The molecule has 0 fully saturated rings. The van der Waals surface area contributed by atoms with Crippen LogP contribution >= 0.6 is 0 Å². The van der Waals surface area contributed by atoms with E-state index in [-0.39, 0.29) is 17.3 Å². The lowest BCUT2D eigenvalue weighted by atomic mass is 10.3. The molecule has 1 aromatic carbocycles. The molecule has 2 heterocycles. The van der Waals surface area contributed by atoms with Gasteiger partial charge in [-0.3, -0.25) is 0 Å². The molecule has 0 aliphatic carbocycles. The maximum Gasteiger partial charge on any atom is 0.364 e. The number of ether oxygens (including phenoxy) is 1. The first-order valence-electron chi connectivity index (χ1n) is 5.31. The van der Waals surface area contributed by atoms with Crippen molar-refractivity contribution in [3.05, 3.63) is 46.6 Å². The minimum atomic E-state index is -0.610. The number of nitrogens with one attached hydrogen (secondary N) is 1. The number of para-hydroxylation sites is 1. The summed E-state index contributed by atoms with van der Waals surface area (Å²) in [6.45, 7) is 0. The number of aromatic nitrogens is 4. The van der Waals surface area contributed by atoms with Crippen LogP contribution in [0.4, 0.5) is 10.1 Å². The van der Waals surface area contributed by atoms with E-state index in [1.54, 1.807) is 0 Å². The van der Waals surface area contributed by atoms with Gasteiger partial charge in [-0.1, -0.05) is 6.07 Å². The predicted molar refractivity (Wildman–Crippen MR) is 64.5 cm³/mol. The van der Waals surface area contributed by atoms with Crippen molar-refractivity contribution in [1.29, 1.82) is 0 Å². The zero-order chi connectivity index (χ0) is 13.4. The second-order valence-corrected chi connectivity index (χ2v) is 3.73. The average Bonchev–Trinajstić information content (AvgIpc) is 2.76. The van der Waals surface area contributed by atoms with Gasteiger partial charge in [0.25, 0.3) is 0 Å². The molecule has 0 saturated carbocycles. The Hall–Kier alpha value is -2.90. The summed E-state index contributed by atoms with van der Waals surface area (Å²) in [6.07, 6.45) is 0. The first kappa shape index (κ1) is 11.2. The summed E-state index contributed by atoms with van der Waals surface area (Å²) in [7, 11) is 0. The van der Waals surface area contributed by atoms with E-state index >= 15 is 0 Å². The lowest BCUT2D eigenvalue weighted by Crippen LogP contribution is -2.12. The molecule has 0 amide bonds. The number of hydrogen-bond donors (Lipinski definition) is 2. The Morgan fingerprint density at radius 3 is 2.95 bits per heavy atom. The van der Waals surface area contributed by atoms with Gasteiger partial charge in [0.05, 0.1) is 5.69 Å². The van der Waals surface area contributed by atoms with Crippen LogP contribution in [-0.4, -0.2) is 19.8 Å². The summed E-state index contributed by atoms with van der Waals surface area (Å²) in [5.74, 6) is -0.708. The number of nitrogens with zero attached hydrogens (tertiary/aromatic N) is 3. The minimum absolute atomic E-state index is 0.0350. The van der Waals surface area contributed by atoms with Crippen molar-refractivity contribution in [2.75, 3.05) is 5.73 Å². The van der Waals surface area contributed by atoms with Gasteiger partial charge < -0.3 is 10.5 Å². The molecular formula is C11H8FN5O2. The number of nitrogen functional groups attached to an aromatic ring is 1. The maximum atomic E-state index is 13.5. The second kappa shape index (κ2) is 4.09. The average molecular weight is 261 g/mol. The van der Waals surface area contributed by atoms with E-state index in [9.17, 15) is 9.18 Å². The fourth-order valence-corrected chi connectivity index (χ4v) is 1.58. The summed E-state index contributed by atoms with van der Waals surface area (Å²) in [5.41, 5.74) is 5.57. The van der Waals surface area contributed by atoms with Crippen molar-refractivity contribution in [3.8, 4) is 11.6 Å². The van der Waals surface area contributed by atoms with Crippen molar-refractivity contribution in [2.45, 2.75) is 0 Å². The van der Waals surface area contributed by atoms with Crippen LogP contribution in [0.1, 0.15) is 0 Å². The van der Waals surface area contributed by atoms with Crippen LogP contribution in [0.25, 0.3) is 5.65 Å². The highest BCUT2D eigenvalue weighted by molar-refractivity contribution is 5.54. The molecule has 2 aromatic heterocycles. The van der Waals surface area contributed by atoms with Gasteiger partial charge in [-0.2, -0.15) is 9.61 Å². The Kier molecular flexibility index (Phi) is 2.41. The summed E-state index contributed by atoms with van der Waals surface area (Å²) in [5, 5.41) is 9.82. The van der Waals surface area contributed by atoms with Crippen LogP contribution in [0.15, 0.2) is 35.1 Å². The summed E-state index contributed by atoms with van der Waals surface area (Å²) >= 11 is 0. The molecular weight excluding hydrogens is 253 g/mol. The van der Waals surface area contributed by atoms with E-state index < -0.39 is 11.5 Å². The Morgan fingerprint density at radius 1 is 1.32 bits per heavy atom. The Bertz CT molecular complexity index is 790. The quantitative estimate of drug-likeness (QED) is 0.669. The van der Waals surface area contributed by atoms with Crippen LogP contribution in [0.3, 0.4) is 0 Å². The number of benzene rings is 1. The Morgan fingerprint density at radius 2 is 2.16 bits per heavy atom. The number of halogens is 1. The number of fused-ring (bicyclic) bond motifs is 1. The van der Waals surface area contributed by atoms with E-state index in [0.29, 0.717) is 5.65 Å². The lowest BCUT2D eigenvalue weighted by Gasteiger charge is -2.07. The Balaban J connectivity index is 2.06. The highest BCUT2D eigenvalue weighted by Crippen LogP contribution is 2.28. The molecule has 0 aliphatic rings. The Labute approximate surface area is 105 Å². The zero-order valence-corrected chi connectivity index (χ0v) is 9.50. The van der Waals surface area contributed by atoms with Gasteiger partial charge in [0.1, 0.15) is 0 Å². The minimum Gasteiger partial charge on any atom is -0.432 e. The molecule has 0 atom stereocenters. The third kappa shape index (κ3) is 1.88. The first-order chi connectivity index (χ1) is 9.15. The number of H-pyrrole nitrogens is 1. The fourth-order valence-electron chi connectivity index (χ4n) is 1.58. The van der Waals surface area contributed by atoms with Crippen molar-refractivity contribution in [1.82, 2.24) is 19.8 Å². The monoisotopic (exact) mass is 261 g/mol. The van der Waals surface area contributed by atoms with E-state index in [2.05, 4.69) is 15.3 Å². The molecule has 96 valence electrons. The molecule has 0 radical (unpaired) electrons. The third-order valence-corrected chi connectivity index (χ3v) is 2.45. The highest BCUT2D eigenvalue weighted by atomic mass is 19.1. The standard InChI is InChI=1S/C11H8FN5O2/c12-6-2-1-3-7(13)10(6)19-9-5-4-8-14-15-11(18)17(8)16-9/h1-5H,13H2,(H,15,18). The van der Waals surface area contributed by atoms with Gasteiger partial charge in [-0.25, -0.2) is 14.3 Å². The predicted octanol–water partition coefficient (Wildman–Crippen LogP) is 0.931. The third-order valence-electron chi connectivity index (χ3n) is 2.45. The number of nitrogens with two attached hydrogens (primary N) is 1. The van der Waals surface area contributed by atoms with E-state index in [4.69, 9.17) is 10.5 Å². The van der Waals surface area contributed by atoms with Gasteiger partial charge in [-0.15, -0.1) is 5.10 Å². The van der Waals surface area contributed by atoms with E-state index in [1.165, 1.54) is 30.3 Å². The van der Waals surface area contributed by atoms with Crippen LogP contribution in [0.5, 0.6) is 11.6 Å². The molecule has 0 unspecified atom stereocenters. The van der Waals surface area contributed by atoms with Crippen LogP contribution in [0.2, 0.25) is 0 Å². The van der Waals surface area contributed by atoms with Gasteiger partial charge in [-0.05, 0) is 18.2 Å². The fraction of sp³-hybridized carbons (Fsp3) is 0. The molecule has 3 rings (SSSR count). The molecule has 3 N–H and O–H groups in total. The van der Waals surface area contributed by atoms with Gasteiger partial charge in [0.2, 0.25) is 5.88 Å². The molecule has 0 bridgehead atoms. The zero-order valence-electron chi connectivity index (χ0n) is 9.50. The second-order valence-electron chi connectivity index (χ2n) is 3.73. The number of aromatic amines is 1. The largest absolute Gasteiger partial charge is 0.432 e. The normalized spacial score (nSPS) is 10.8. The summed E-state index contributed by atoms with van der Waals surface area (Å²) < 4.78 is 19.8. The highest BCUT2D eigenvalue weighted by Gasteiger charge is 2.10. The van der Waals surface area contributed by atoms with Gasteiger partial charge >= 0.3 is 5.69 Å². The molecule has 0 spiro atoms. The molecule has 7 nitrogen and oxygen atoms in total. The van der Waals surface area contributed by atoms with E-state index in [0.717, 1.165) is 4.52 Å². The SMILES string of the molecule is Nc1cccc(F)c1Oc1ccc2n[nH]c(=O)n2n1. The van der Waals surface area contributed by atoms with Gasteiger partial charge in [0, 0.05) is 6.07 Å². The molecule has 3 aromatic rings. The number of hydrogen-bond acceptors (Lipinski definition) is 5. The van der Waals surface area contributed by atoms with Crippen LogP contribution in [-0.2, 0) is 0 Å². The number of rotatable bonds is 2. The molecule has 0 saturated heterocycles. The lowest BCUT2D eigenvalue weighted by molar-refractivity contribution is 0.421. The first-order valence-corrected chi connectivity index (χ1v) is 5.31. The van der Waals surface area contributed by atoms with Gasteiger partial charge in [0.15, 0.2) is 17.2 Å².